The van der Waals surface area contributed by atoms with Crippen LogP contribution in [-0.2, 0) is 11.2 Å². The number of hydrogen-bond acceptors (Lipinski definition) is 1. The highest BCUT2D eigenvalue weighted by atomic mass is 19.1. The molecule has 4 rings (SSSR count). The molecule has 0 saturated carbocycles. The minimum absolute atomic E-state index is 0.132. The highest BCUT2D eigenvalue weighted by Crippen LogP contribution is 2.44. The lowest BCUT2D eigenvalue weighted by Gasteiger charge is -2.24. The van der Waals surface area contributed by atoms with Gasteiger partial charge in [0.2, 0.25) is 0 Å². The molecule has 1 fully saturated rings. The van der Waals surface area contributed by atoms with Crippen LogP contribution in [0.2, 0.25) is 0 Å². The molecule has 0 amide bonds. The van der Waals surface area contributed by atoms with Crippen LogP contribution in [0.3, 0.4) is 0 Å². The summed E-state index contributed by atoms with van der Waals surface area (Å²) in [5.74, 6) is 0.605. The molecule has 108 valence electrons. The molecule has 1 saturated heterocycles. The summed E-state index contributed by atoms with van der Waals surface area (Å²) >= 11 is 0. The number of benzene rings is 2. The van der Waals surface area contributed by atoms with E-state index >= 15 is 0 Å². The van der Waals surface area contributed by atoms with Crippen LogP contribution in [0.1, 0.15) is 47.4 Å². The summed E-state index contributed by atoms with van der Waals surface area (Å²) in [6, 6.07) is 13.9. The van der Waals surface area contributed by atoms with Gasteiger partial charge in [-0.2, -0.15) is 0 Å². The van der Waals surface area contributed by atoms with Crippen molar-refractivity contribution in [1.29, 1.82) is 0 Å². The van der Waals surface area contributed by atoms with Crippen molar-refractivity contribution in [2.75, 3.05) is 6.61 Å². The van der Waals surface area contributed by atoms with Crippen molar-refractivity contribution in [2.45, 2.75) is 37.7 Å². The predicted molar refractivity (Wildman–Crippen MR) is 81.2 cm³/mol. The van der Waals surface area contributed by atoms with E-state index in [4.69, 9.17) is 4.74 Å². The SMILES string of the molecule is C[C@H]1c2cc(F)ccc2Cc2ccccc2[C@H]1C[C@H]1CO1. The smallest absolute Gasteiger partial charge is 0.123 e. The Hall–Kier alpha value is -1.67. The maximum absolute atomic E-state index is 13.7. The van der Waals surface area contributed by atoms with Crippen molar-refractivity contribution >= 4 is 0 Å². The van der Waals surface area contributed by atoms with Gasteiger partial charge in [-0.25, -0.2) is 4.39 Å². The third kappa shape index (κ3) is 2.38. The molecule has 1 aliphatic carbocycles. The summed E-state index contributed by atoms with van der Waals surface area (Å²) in [7, 11) is 0. The summed E-state index contributed by atoms with van der Waals surface area (Å²) in [5, 5.41) is 0. The Labute approximate surface area is 124 Å². The molecule has 1 nitrogen and oxygen atoms in total. The van der Waals surface area contributed by atoms with Gasteiger partial charge < -0.3 is 4.74 Å². The van der Waals surface area contributed by atoms with Gasteiger partial charge in [-0.1, -0.05) is 37.3 Å². The van der Waals surface area contributed by atoms with E-state index < -0.39 is 0 Å². The van der Waals surface area contributed by atoms with Gasteiger partial charge in [0.15, 0.2) is 0 Å². The summed E-state index contributed by atoms with van der Waals surface area (Å²) in [6.07, 6.45) is 2.33. The molecule has 3 atom stereocenters. The van der Waals surface area contributed by atoms with Crippen LogP contribution in [0.4, 0.5) is 4.39 Å². The quantitative estimate of drug-likeness (QED) is 0.743. The highest BCUT2D eigenvalue weighted by molar-refractivity contribution is 5.45. The number of epoxide rings is 1. The monoisotopic (exact) mass is 282 g/mol. The van der Waals surface area contributed by atoms with E-state index in [1.54, 1.807) is 12.1 Å². The molecule has 0 radical (unpaired) electrons. The van der Waals surface area contributed by atoms with E-state index in [-0.39, 0.29) is 5.82 Å². The van der Waals surface area contributed by atoms with Crippen molar-refractivity contribution in [3.63, 3.8) is 0 Å². The van der Waals surface area contributed by atoms with Crippen LogP contribution in [-0.4, -0.2) is 12.7 Å². The molecule has 2 heteroatoms. The van der Waals surface area contributed by atoms with Gasteiger partial charge in [0.1, 0.15) is 5.82 Å². The molecule has 2 aliphatic rings. The Balaban J connectivity index is 1.84. The molecule has 0 aromatic heterocycles. The van der Waals surface area contributed by atoms with Crippen molar-refractivity contribution < 1.29 is 9.13 Å². The van der Waals surface area contributed by atoms with Crippen molar-refractivity contribution in [3.05, 3.63) is 70.5 Å². The Kier molecular flexibility index (Phi) is 3.07. The predicted octanol–water partition coefficient (Wildman–Crippen LogP) is 4.41. The van der Waals surface area contributed by atoms with Gasteiger partial charge >= 0.3 is 0 Å². The highest BCUT2D eigenvalue weighted by Gasteiger charge is 2.34. The molecule has 1 aliphatic heterocycles. The standard InChI is InChI=1S/C19H19FO/c1-12-18-9-15(20)7-6-14(18)8-13-4-2-3-5-17(13)19(12)10-16-11-21-16/h2-7,9,12,16,19H,8,10-11H2,1H3/t12-,16-,19-/m0/s1. The molecule has 21 heavy (non-hydrogen) atoms. The fraction of sp³-hybridized carbons (Fsp3) is 0.368. The normalized spacial score (nSPS) is 26.7. The maximum atomic E-state index is 13.7. The topological polar surface area (TPSA) is 12.5 Å². The van der Waals surface area contributed by atoms with Gasteiger partial charge in [0.25, 0.3) is 0 Å². The van der Waals surface area contributed by atoms with Crippen LogP contribution in [0.5, 0.6) is 0 Å². The maximum Gasteiger partial charge on any atom is 0.123 e. The lowest BCUT2D eigenvalue weighted by atomic mass is 9.80. The molecule has 2 aromatic carbocycles. The Morgan fingerprint density at radius 1 is 1.10 bits per heavy atom. The molecule has 2 aromatic rings. The zero-order valence-electron chi connectivity index (χ0n) is 12.2. The van der Waals surface area contributed by atoms with Crippen molar-refractivity contribution in [2.24, 2.45) is 0 Å². The van der Waals surface area contributed by atoms with E-state index in [0.717, 1.165) is 25.0 Å². The van der Waals surface area contributed by atoms with E-state index in [1.165, 1.54) is 16.7 Å². The number of rotatable bonds is 2. The average Bonchev–Trinajstić information content (AvgIpc) is 3.31. The molecule has 1 heterocycles. The van der Waals surface area contributed by atoms with Gasteiger partial charge in [-0.3, -0.25) is 0 Å². The molecular formula is C19H19FO. The van der Waals surface area contributed by atoms with Gasteiger partial charge in [-0.05, 0) is 59.1 Å². The van der Waals surface area contributed by atoms with Crippen LogP contribution < -0.4 is 0 Å². The Bertz CT molecular complexity index is 675. The second-order valence-electron chi connectivity index (χ2n) is 6.30. The van der Waals surface area contributed by atoms with Crippen LogP contribution in [0.15, 0.2) is 42.5 Å². The fourth-order valence-corrected chi connectivity index (χ4v) is 3.72. The molecule has 0 spiro atoms. The number of hydrogen-bond donors (Lipinski definition) is 0. The molecule has 0 unspecified atom stereocenters. The van der Waals surface area contributed by atoms with Crippen LogP contribution in [0.25, 0.3) is 0 Å². The zero-order valence-corrected chi connectivity index (χ0v) is 12.2. The first-order chi connectivity index (χ1) is 10.2. The number of halogens is 1. The third-order valence-corrected chi connectivity index (χ3v) is 4.96. The summed E-state index contributed by atoms with van der Waals surface area (Å²) < 4.78 is 19.2. The van der Waals surface area contributed by atoms with Crippen LogP contribution in [0, 0.1) is 5.82 Å². The lowest BCUT2D eigenvalue weighted by molar-refractivity contribution is 0.368. The summed E-state index contributed by atoms with van der Waals surface area (Å²) in [6.45, 7) is 3.11. The average molecular weight is 282 g/mol. The number of ether oxygens (including phenoxy) is 1. The second-order valence-corrected chi connectivity index (χ2v) is 6.30. The second kappa shape index (κ2) is 4.96. The van der Waals surface area contributed by atoms with Crippen molar-refractivity contribution in [1.82, 2.24) is 0 Å². The first kappa shape index (κ1) is 13.0. The van der Waals surface area contributed by atoms with Gasteiger partial charge in [0.05, 0.1) is 12.7 Å². The summed E-state index contributed by atoms with van der Waals surface area (Å²) in [5.41, 5.74) is 5.21. The first-order valence-electron chi connectivity index (χ1n) is 7.70. The van der Waals surface area contributed by atoms with Gasteiger partial charge in [-0.15, -0.1) is 0 Å². The minimum Gasteiger partial charge on any atom is -0.373 e. The van der Waals surface area contributed by atoms with E-state index in [2.05, 4.69) is 31.2 Å². The molecule has 0 bridgehead atoms. The Morgan fingerprint density at radius 3 is 2.67 bits per heavy atom. The largest absolute Gasteiger partial charge is 0.373 e. The zero-order chi connectivity index (χ0) is 14.4. The minimum atomic E-state index is -0.132. The van der Waals surface area contributed by atoms with Crippen LogP contribution >= 0.6 is 0 Å². The fourth-order valence-electron chi connectivity index (χ4n) is 3.72. The first-order valence-corrected chi connectivity index (χ1v) is 7.70. The third-order valence-electron chi connectivity index (χ3n) is 4.96. The lowest BCUT2D eigenvalue weighted by Crippen LogP contribution is -2.11. The molecular weight excluding hydrogens is 263 g/mol. The Morgan fingerprint density at radius 2 is 1.86 bits per heavy atom. The van der Waals surface area contributed by atoms with Crippen molar-refractivity contribution in [3.8, 4) is 0 Å². The van der Waals surface area contributed by atoms with E-state index in [1.807, 2.05) is 6.07 Å². The molecule has 0 N–H and O–H groups in total. The number of fused-ring (bicyclic) bond motifs is 2. The van der Waals surface area contributed by atoms with Gasteiger partial charge in [0, 0.05) is 0 Å². The van der Waals surface area contributed by atoms with E-state index in [0.29, 0.717) is 17.9 Å². The van der Waals surface area contributed by atoms with E-state index in [9.17, 15) is 4.39 Å². The summed E-state index contributed by atoms with van der Waals surface area (Å²) in [4.78, 5) is 0.